The molecule has 0 unspecified atom stereocenters. The van der Waals surface area contributed by atoms with Crippen molar-refractivity contribution in [3.63, 3.8) is 0 Å². The first-order valence-electron chi connectivity index (χ1n) is 7.65. The summed E-state index contributed by atoms with van der Waals surface area (Å²) in [6.07, 6.45) is 0. The van der Waals surface area contributed by atoms with Crippen molar-refractivity contribution in [2.24, 2.45) is 5.73 Å². The molecule has 3 N–H and O–H groups in total. The zero-order valence-corrected chi connectivity index (χ0v) is 14.1. The Morgan fingerprint density at radius 1 is 1.28 bits per heavy atom. The van der Waals surface area contributed by atoms with Gasteiger partial charge in [0.15, 0.2) is 11.5 Å². The summed E-state index contributed by atoms with van der Waals surface area (Å²) in [5.41, 5.74) is 8.34. The number of primary amides is 1. The van der Waals surface area contributed by atoms with Crippen LogP contribution in [0.2, 0.25) is 5.02 Å². The average Bonchev–Trinajstić information content (AvgIpc) is 3.12. The molecule has 0 fully saturated rings. The second-order valence-electron chi connectivity index (χ2n) is 5.92. The lowest BCUT2D eigenvalue weighted by atomic mass is 10.1. The first-order chi connectivity index (χ1) is 12.0. The molecule has 2 aromatic carbocycles. The summed E-state index contributed by atoms with van der Waals surface area (Å²) in [4.78, 5) is 11.9. The maximum Gasteiger partial charge on any atom is 0.251 e. The van der Waals surface area contributed by atoms with Crippen LogP contribution in [0.1, 0.15) is 21.6 Å². The number of ether oxygens (including phenoxy) is 2. The molecule has 1 aliphatic heterocycles. The van der Waals surface area contributed by atoms with Crippen LogP contribution in [-0.2, 0) is 6.54 Å². The summed E-state index contributed by atoms with van der Waals surface area (Å²) in [5.74, 6) is 0.770. The van der Waals surface area contributed by atoms with Crippen LogP contribution in [-0.4, -0.2) is 22.4 Å². The summed E-state index contributed by atoms with van der Waals surface area (Å²) >= 11 is 6.06. The van der Waals surface area contributed by atoms with Crippen LogP contribution in [0.5, 0.6) is 17.2 Å². The van der Waals surface area contributed by atoms with E-state index in [0.29, 0.717) is 34.7 Å². The largest absolute Gasteiger partial charge is 0.506 e. The van der Waals surface area contributed by atoms with Crippen molar-refractivity contribution in [3.8, 4) is 17.2 Å². The zero-order valence-electron chi connectivity index (χ0n) is 13.4. The Bertz CT molecular complexity index is 1030. The standard InChI is InChI=1S/C18H15ClN2O4/c1-9-17(18(20)23)11-5-14(22)12(19)6-13(11)21(9)7-10-2-3-15-16(4-10)25-8-24-15/h2-6,22H,7-8H2,1H3,(H2,20,23). The fourth-order valence-corrected chi connectivity index (χ4v) is 3.38. The molecule has 4 rings (SSSR count). The van der Waals surface area contributed by atoms with Gasteiger partial charge in [0, 0.05) is 17.6 Å². The van der Waals surface area contributed by atoms with Crippen LogP contribution in [0.4, 0.5) is 0 Å². The molecular weight excluding hydrogens is 344 g/mol. The van der Waals surface area contributed by atoms with Gasteiger partial charge in [0.2, 0.25) is 6.79 Å². The number of carbonyl (C=O) groups is 1. The Kier molecular flexibility index (Phi) is 3.51. The molecule has 0 atom stereocenters. The summed E-state index contributed by atoms with van der Waals surface area (Å²) < 4.78 is 12.7. The highest BCUT2D eigenvalue weighted by Crippen LogP contribution is 2.36. The van der Waals surface area contributed by atoms with Crippen LogP contribution in [0.3, 0.4) is 0 Å². The number of aromatic nitrogens is 1. The maximum absolute atomic E-state index is 11.9. The fraction of sp³-hybridized carbons (Fsp3) is 0.167. The molecule has 0 aliphatic carbocycles. The molecule has 0 saturated carbocycles. The lowest BCUT2D eigenvalue weighted by molar-refractivity contribution is 0.100. The maximum atomic E-state index is 11.9. The van der Waals surface area contributed by atoms with E-state index in [9.17, 15) is 9.90 Å². The van der Waals surface area contributed by atoms with Gasteiger partial charge in [0.05, 0.1) is 16.1 Å². The van der Waals surface area contributed by atoms with E-state index in [1.54, 1.807) is 6.07 Å². The number of hydrogen-bond donors (Lipinski definition) is 2. The van der Waals surface area contributed by atoms with Crippen LogP contribution in [0.25, 0.3) is 10.9 Å². The summed E-state index contributed by atoms with van der Waals surface area (Å²) in [7, 11) is 0. The number of fused-ring (bicyclic) bond motifs is 2. The predicted molar refractivity (Wildman–Crippen MR) is 93.5 cm³/mol. The highest BCUT2D eigenvalue weighted by Gasteiger charge is 2.21. The number of nitrogens with zero attached hydrogens (tertiary/aromatic N) is 1. The van der Waals surface area contributed by atoms with Crippen molar-refractivity contribution >= 4 is 28.4 Å². The van der Waals surface area contributed by atoms with Gasteiger partial charge in [-0.2, -0.15) is 0 Å². The summed E-state index contributed by atoms with van der Waals surface area (Å²) in [5, 5.41) is 10.7. The SMILES string of the molecule is Cc1c(C(N)=O)c2cc(O)c(Cl)cc2n1Cc1ccc2c(c1)OCO2. The Morgan fingerprint density at radius 3 is 2.80 bits per heavy atom. The van der Waals surface area contributed by atoms with Crippen LogP contribution < -0.4 is 15.2 Å². The van der Waals surface area contributed by atoms with Gasteiger partial charge < -0.3 is 24.9 Å². The smallest absolute Gasteiger partial charge is 0.251 e. The predicted octanol–water partition coefficient (Wildman–Crippen LogP) is 3.18. The molecule has 1 aromatic heterocycles. The van der Waals surface area contributed by atoms with E-state index in [0.717, 1.165) is 11.1 Å². The molecule has 3 aromatic rings. The minimum atomic E-state index is -0.548. The summed E-state index contributed by atoms with van der Waals surface area (Å²) in [6, 6.07) is 8.80. The van der Waals surface area contributed by atoms with Crippen LogP contribution in [0, 0.1) is 6.92 Å². The molecule has 0 bridgehead atoms. The second kappa shape index (κ2) is 5.60. The number of nitrogens with two attached hydrogens (primary N) is 1. The van der Waals surface area contributed by atoms with Crippen molar-refractivity contribution in [1.82, 2.24) is 4.57 Å². The third-order valence-corrected chi connectivity index (χ3v) is 4.72. The number of halogens is 1. The average molecular weight is 359 g/mol. The zero-order chi connectivity index (χ0) is 17.7. The monoisotopic (exact) mass is 358 g/mol. The van der Waals surface area contributed by atoms with Crippen LogP contribution >= 0.6 is 11.6 Å². The third kappa shape index (κ3) is 2.46. The lowest BCUT2D eigenvalue weighted by Crippen LogP contribution is -2.13. The molecule has 6 nitrogen and oxygen atoms in total. The Labute approximate surface area is 148 Å². The summed E-state index contributed by atoms with van der Waals surface area (Å²) in [6.45, 7) is 2.52. The molecule has 128 valence electrons. The molecular formula is C18H15ClN2O4. The lowest BCUT2D eigenvalue weighted by Gasteiger charge is -2.10. The van der Waals surface area contributed by atoms with Gasteiger partial charge in [-0.25, -0.2) is 0 Å². The van der Waals surface area contributed by atoms with E-state index >= 15 is 0 Å². The van der Waals surface area contributed by atoms with Crippen LogP contribution in [0.15, 0.2) is 30.3 Å². The van der Waals surface area contributed by atoms with Gasteiger partial charge >= 0.3 is 0 Å². The normalized spacial score (nSPS) is 12.7. The number of rotatable bonds is 3. The minimum Gasteiger partial charge on any atom is -0.506 e. The number of aromatic hydroxyl groups is 1. The van der Waals surface area contributed by atoms with E-state index < -0.39 is 5.91 Å². The Morgan fingerprint density at radius 2 is 2.04 bits per heavy atom. The molecule has 1 amide bonds. The van der Waals surface area contributed by atoms with E-state index in [2.05, 4.69) is 0 Å². The Hall–Kier alpha value is -2.86. The van der Waals surface area contributed by atoms with Gasteiger partial charge in [0.25, 0.3) is 5.91 Å². The van der Waals surface area contributed by atoms with Gasteiger partial charge in [-0.05, 0) is 36.8 Å². The van der Waals surface area contributed by atoms with Gasteiger partial charge in [-0.15, -0.1) is 0 Å². The van der Waals surface area contributed by atoms with E-state index in [1.165, 1.54) is 6.07 Å². The van der Waals surface area contributed by atoms with Gasteiger partial charge in [-0.3, -0.25) is 4.79 Å². The quantitative estimate of drug-likeness (QED) is 0.752. The molecule has 0 saturated heterocycles. The van der Waals surface area contributed by atoms with Gasteiger partial charge in [-0.1, -0.05) is 17.7 Å². The molecule has 25 heavy (non-hydrogen) atoms. The van der Waals surface area contributed by atoms with Gasteiger partial charge in [0.1, 0.15) is 5.75 Å². The van der Waals surface area contributed by atoms with E-state index in [4.69, 9.17) is 26.8 Å². The van der Waals surface area contributed by atoms with Crippen molar-refractivity contribution in [2.75, 3.05) is 6.79 Å². The molecule has 0 spiro atoms. The van der Waals surface area contributed by atoms with Crippen molar-refractivity contribution in [1.29, 1.82) is 0 Å². The Balaban J connectivity index is 1.88. The third-order valence-electron chi connectivity index (χ3n) is 4.42. The fourth-order valence-electron chi connectivity index (χ4n) is 3.22. The topological polar surface area (TPSA) is 86.7 Å². The van der Waals surface area contributed by atoms with Crippen molar-refractivity contribution < 1.29 is 19.4 Å². The number of amides is 1. The molecule has 7 heteroatoms. The first kappa shape index (κ1) is 15.7. The van der Waals surface area contributed by atoms with E-state index in [1.807, 2.05) is 29.7 Å². The number of benzene rings is 2. The molecule has 0 radical (unpaired) electrons. The number of carbonyl (C=O) groups excluding carboxylic acids is 1. The second-order valence-corrected chi connectivity index (χ2v) is 6.33. The van der Waals surface area contributed by atoms with E-state index in [-0.39, 0.29) is 17.6 Å². The number of phenolic OH excluding ortho intramolecular Hbond substituents is 1. The highest BCUT2D eigenvalue weighted by atomic mass is 35.5. The molecule has 2 heterocycles. The minimum absolute atomic E-state index is 0.0862. The first-order valence-corrected chi connectivity index (χ1v) is 8.03. The highest BCUT2D eigenvalue weighted by molar-refractivity contribution is 6.33. The number of phenols is 1. The molecule has 1 aliphatic rings. The van der Waals surface area contributed by atoms with Crippen molar-refractivity contribution in [2.45, 2.75) is 13.5 Å². The van der Waals surface area contributed by atoms with Crippen molar-refractivity contribution in [3.05, 3.63) is 52.2 Å². The number of hydrogen-bond acceptors (Lipinski definition) is 4.